The van der Waals surface area contributed by atoms with Gasteiger partial charge >= 0.3 is 0 Å². The number of ether oxygens (including phenoxy) is 2. The summed E-state index contributed by atoms with van der Waals surface area (Å²) in [6.45, 7) is 3.76. The Morgan fingerprint density at radius 1 is 1.00 bits per heavy atom. The molecule has 3 unspecified atom stereocenters. The van der Waals surface area contributed by atoms with Gasteiger partial charge in [0.2, 0.25) is 0 Å². The van der Waals surface area contributed by atoms with Crippen molar-refractivity contribution in [2.45, 2.75) is 18.9 Å². The fourth-order valence-corrected chi connectivity index (χ4v) is 3.27. The molecule has 2 saturated heterocycles. The summed E-state index contributed by atoms with van der Waals surface area (Å²) < 4.78 is 10.8. The molecule has 3 rings (SSSR count). The van der Waals surface area contributed by atoms with Crippen molar-refractivity contribution in [1.29, 1.82) is 0 Å². The second-order valence-electron chi connectivity index (χ2n) is 4.97. The van der Waals surface area contributed by atoms with Gasteiger partial charge in [-0.15, -0.1) is 0 Å². The van der Waals surface area contributed by atoms with Crippen molar-refractivity contribution in [3.63, 3.8) is 0 Å². The monoisotopic (exact) mass is 197 g/mol. The normalized spacial score (nSPS) is 44.8. The first-order chi connectivity index (χ1) is 6.88. The Morgan fingerprint density at radius 3 is 2.29 bits per heavy atom. The molecule has 1 aliphatic carbocycles. The molecule has 2 aliphatic heterocycles. The third kappa shape index (κ3) is 1.38. The molecule has 3 nitrogen and oxygen atoms in total. The Bertz CT molecular complexity index is 203. The van der Waals surface area contributed by atoms with Gasteiger partial charge < -0.3 is 15.2 Å². The van der Waals surface area contributed by atoms with Gasteiger partial charge in [0.05, 0.1) is 13.2 Å². The number of nitrogens with two attached hydrogens (primary N) is 1. The van der Waals surface area contributed by atoms with Gasteiger partial charge in [-0.1, -0.05) is 0 Å². The van der Waals surface area contributed by atoms with Crippen LogP contribution in [-0.4, -0.2) is 32.5 Å². The highest BCUT2D eigenvalue weighted by molar-refractivity contribution is 5.06. The van der Waals surface area contributed by atoms with Gasteiger partial charge in [-0.3, -0.25) is 0 Å². The summed E-state index contributed by atoms with van der Waals surface area (Å²) in [6.07, 6.45) is 2.33. The van der Waals surface area contributed by atoms with E-state index < -0.39 is 0 Å². The molecular formula is C11H19NO2. The zero-order valence-corrected chi connectivity index (χ0v) is 8.52. The third-order valence-electron chi connectivity index (χ3n) is 4.27. The number of fused-ring (bicyclic) bond motifs is 1. The lowest BCUT2D eigenvalue weighted by Gasteiger charge is -2.28. The quantitative estimate of drug-likeness (QED) is 0.706. The van der Waals surface area contributed by atoms with Crippen molar-refractivity contribution in [3.8, 4) is 0 Å². The van der Waals surface area contributed by atoms with Gasteiger partial charge in [-0.05, 0) is 36.5 Å². The first-order valence-electron chi connectivity index (χ1n) is 5.79. The summed E-state index contributed by atoms with van der Waals surface area (Å²) in [6, 6.07) is 0.415. The summed E-state index contributed by atoms with van der Waals surface area (Å²) in [5, 5.41) is 0. The Morgan fingerprint density at radius 2 is 1.64 bits per heavy atom. The van der Waals surface area contributed by atoms with Gasteiger partial charge in [-0.2, -0.15) is 0 Å². The second-order valence-corrected chi connectivity index (χ2v) is 4.97. The van der Waals surface area contributed by atoms with Crippen LogP contribution in [0, 0.1) is 23.7 Å². The highest BCUT2D eigenvalue weighted by Gasteiger charge is 2.57. The van der Waals surface area contributed by atoms with E-state index in [1.807, 2.05) is 0 Å². The molecule has 0 aromatic carbocycles. The van der Waals surface area contributed by atoms with Crippen LogP contribution in [-0.2, 0) is 9.47 Å². The van der Waals surface area contributed by atoms with E-state index in [2.05, 4.69) is 0 Å². The summed E-state index contributed by atoms with van der Waals surface area (Å²) in [5.41, 5.74) is 6.33. The predicted octanol–water partition coefficient (Wildman–Crippen LogP) is 0.633. The third-order valence-corrected chi connectivity index (χ3v) is 4.27. The maximum Gasteiger partial charge on any atom is 0.0501 e. The molecule has 80 valence electrons. The Balaban J connectivity index is 1.57. The van der Waals surface area contributed by atoms with E-state index in [-0.39, 0.29) is 0 Å². The average Bonchev–Trinajstić information content (AvgIpc) is 2.72. The molecular weight excluding hydrogens is 178 g/mol. The van der Waals surface area contributed by atoms with Crippen LogP contribution in [0.4, 0.5) is 0 Å². The summed E-state index contributed by atoms with van der Waals surface area (Å²) in [5.74, 6) is 3.08. The van der Waals surface area contributed by atoms with Crippen LogP contribution in [0.15, 0.2) is 0 Å². The molecule has 3 atom stereocenters. The maximum absolute atomic E-state index is 6.33. The summed E-state index contributed by atoms with van der Waals surface area (Å²) in [7, 11) is 0. The molecule has 14 heavy (non-hydrogen) atoms. The largest absolute Gasteiger partial charge is 0.381 e. The lowest BCUT2D eigenvalue weighted by molar-refractivity contribution is 0.0507. The lowest BCUT2D eigenvalue weighted by atomic mass is 9.88. The fourth-order valence-electron chi connectivity index (χ4n) is 3.27. The van der Waals surface area contributed by atoms with Crippen LogP contribution in [0.2, 0.25) is 0 Å². The average molecular weight is 197 g/mol. The van der Waals surface area contributed by atoms with Gasteiger partial charge in [0.15, 0.2) is 0 Å². The zero-order chi connectivity index (χ0) is 9.54. The smallest absolute Gasteiger partial charge is 0.0501 e. The summed E-state index contributed by atoms with van der Waals surface area (Å²) in [4.78, 5) is 0. The number of rotatable bonds is 2. The SMILES string of the molecule is NC(C1CCOCC1)C1C2COCC21. The van der Waals surface area contributed by atoms with Crippen LogP contribution >= 0.6 is 0 Å². The van der Waals surface area contributed by atoms with Crippen molar-refractivity contribution in [2.75, 3.05) is 26.4 Å². The van der Waals surface area contributed by atoms with Crippen LogP contribution in [0.1, 0.15) is 12.8 Å². The van der Waals surface area contributed by atoms with E-state index in [0.717, 1.165) is 57.0 Å². The van der Waals surface area contributed by atoms with Gasteiger partial charge in [-0.25, -0.2) is 0 Å². The minimum absolute atomic E-state index is 0.415. The fraction of sp³-hybridized carbons (Fsp3) is 1.00. The van der Waals surface area contributed by atoms with E-state index in [1.54, 1.807) is 0 Å². The minimum atomic E-state index is 0.415. The van der Waals surface area contributed by atoms with E-state index >= 15 is 0 Å². The molecule has 0 radical (unpaired) electrons. The molecule has 0 spiro atoms. The Labute approximate surface area is 84.9 Å². The van der Waals surface area contributed by atoms with Crippen molar-refractivity contribution in [2.24, 2.45) is 29.4 Å². The van der Waals surface area contributed by atoms with E-state index in [1.165, 1.54) is 0 Å². The highest BCUT2D eigenvalue weighted by atomic mass is 16.5. The van der Waals surface area contributed by atoms with Crippen LogP contribution < -0.4 is 5.73 Å². The molecule has 2 N–H and O–H groups in total. The van der Waals surface area contributed by atoms with Crippen LogP contribution in [0.25, 0.3) is 0 Å². The van der Waals surface area contributed by atoms with Crippen molar-refractivity contribution in [3.05, 3.63) is 0 Å². The van der Waals surface area contributed by atoms with Crippen LogP contribution in [0.5, 0.6) is 0 Å². The molecule has 3 heteroatoms. The van der Waals surface area contributed by atoms with E-state index in [0.29, 0.717) is 12.0 Å². The second kappa shape index (κ2) is 3.47. The topological polar surface area (TPSA) is 44.5 Å². The number of hydrogen-bond acceptors (Lipinski definition) is 3. The Hall–Kier alpha value is -0.120. The highest BCUT2D eigenvalue weighted by Crippen LogP contribution is 2.53. The van der Waals surface area contributed by atoms with Gasteiger partial charge in [0.1, 0.15) is 0 Å². The zero-order valence-electron chi connectivity index (χ0n) is 8.52. The molecule has 2 heterocycles. The first-order valence-corrected chi connectivity index (χ1v) is 5.79. The maximum atomic E-state index is 6.33. The lowest BCUT2D eigenvalue weighted by Crippen LogP contribution is -2.37. The molecule has 3 fully saturated rings. The van der Waals surface area contributed by atoms with Crippen molar-refractivity contribution in [1.82, 2.24) is 0 Å². The van der Waals surface area contributed by atoms with Crippen molar-refractivity contribution < 1.29 is 9.47 Å². The standard InChI is InChI=1S/C11H19NO2/c12-11(7-1-3-13-4-2-7)10-8-5-14-6-9(8)10/h7-11H,1-6,12H2. The molecule has 3 aliphatic rings. The predicted molar refractivity (Wildman–Crippen MR) is 52.8 cm³/mol. The molecule has 0 bridgehead atoms. The van der Waals surface area contributed by atoms with E-state index in [4.69, 9.17) is 15.2 Å². The van der Waals surface area contributed by atoms with Gasteiger partial charge in [0, 0.05) is 19.3 Å². The molecule has 0 aromatic heterocycles. The van der Waals surface area contributed by atoms with Crippen molar-refractivity contribution >= 4 is 0 Å². The molecule has 1 saturated carbocycles. The molecule has 0 aromatic rings. The summed E-state index contributed by atoms with van der Waals surface area (Å²) >= 11 is 0. The Kier molecular flexibility index (Phi) is 2.26. The van der Waals surface area contributed by atoms with E-state index in [9.17, 15) is 0 Å². The minimum Gasteiger partial charge on any atom is -0.381 e. The molecule has 0 amide bonds. The number of hydrogen-bond donors (Lipinski definition) is 1. The first kappa shape index (κ1) is 9.13. The van der Waals surface area contributed by atoms with Gasteiger partial charge in [0.25, 0.3) is 0 Å². The van der Waals surface area contributed by atoms with Crippen LogP contribution in [0.3, 0.4) is 0 Å².